The van der Waals surface area contributed by atoms with E-state index >= 15 is 0 Å². The van der Waals surface area contributed by atoms with Crippen molar-refractivity contribution in [2.75, 3.05) is 4.90 Å². The number of imidazole rings is 1. The minimum absolute atomic E-state index is 0.982. The average molecular weight is 536 g/mol. The summed E-state index contributed by atoms with van der Waals surface area (Å²) in [4.78, 5) is 7.56. The highest BCUT2D eigenvalue weighted by atomic mass is 15.1. The Hall–Kier alpha value is -5.67. The van der Waals surface area contributed by atoms with E-state index in [1.807, 2.05) is 0 Å². The van der Waals surface area contributed by atoms with Crippen molar-refractivity contribution in [2.45, 2.75) is 0 Å². The van der Waals surface area contributed by atoms with Gasteiger partial charge in [-0.25, -0.2) is 4.98 Å². The Kier molecular flexibility index (Phi) is 4.90. The average Bonchev–Trinajstić information content (AvgIpc) is 3.46. The zero-order valence-electron chi connectivity index (χ0n) is 22.8. The number of hydrogen-bond acceptors (Lipinski definition) is 2. The molecule has 0 aliphatic rings. The second kappa shape index (κ2) is 8.92. The van der Waals surface area contributed by atoms with Gasteiger partial charge in [0, 0.05) is 32.9 Å². The van der Waals surface area contributed by atoms with Gasteiger partial charge in [-0.15, -0.1) is 0 Å². The van der Waals surface area contributed by atoms with E-state index in [9.17, 15) is 0 Å². The second-order valence-electron chi connectivity index (χ2n) is 10.8. The van der Waals surface area contributed by atoms with Gasteiger partial charge in [-0.05, 0) is 58.6 Å². The predicted molar refractivity (Wildman–Crippen MR) is 177 cm³/mol. The van der Waals surface area contributed by atoms with Crippen molar-refractivity contribution in [1.29, 1.82) is 0 Å². The summed E-state index contributed by atoms with van der Waals surface area (Å²) in [5.41, 5.74) is 7.60. The molecule has 0 bridgehead atoms. The quantitative estimate of drug-likeness (QED) is 0.210. The lowest BCUT2D eigenvalue weighted by Crippen LogP contribution is -2.11. The smallest absolute Gasteiger partial charge is 0.146 e. The van der Waals surface area contributed by atoms with Gasteiger partial charge in [0.2, 0.25) is 0 Å². The second-order valence-corrected chi connectivity index (χ2v) is 10.8. The lowest BCUT2D eigenvalue weighted by Gasteiger charge is -2.28. The van der Waals surface area contributed by atoms with E-state index in [0.29, 0.717) is 0 Å². The molecule has 0 aliphatic carbocycles. The molecule has 196 valence electrons. The number of benzene rings is 7. The van der Waals surface area contributed by atoms with Gasteiger partial charge >= 0.3 is 0 Å². The molecule has 9 aromatic rings. The maximum absolute atomic E-state index is 5.18. The first-order chi connectivity index (χ1) is 20.9. The van der Waals surface area contributed by atoms with Gasteiger partial charge in [-0.3, -0.25) is 4.40 Å². The Morgan fingerprint density at radius 2 is 1.07 bits per heavy atom. The molecule has 3 nitrogen and oxygen atoms in total. The molecule has 0 saturated carbocycles. The highest BCUT2D eigenvalue weighted by Crippen LogP contribution is 2.46. The van der Waals surface area contributed by atoms with Gasteiger partial charge in [0.15, 0.2) is 0 Å². The minimum Gasteiger partial charge on any atom is -0.310 e. The zero-order chi connectivity index (χ0) is 27.6. The molecule has 2 aromatic heterocycles. The van der Waals surface area contributed by atoms with Crippen LogP contribution in [0.3, 0.4) is 0 Å². The van der Waals surface area contributed by atoms with Crippen molar-refractivity contribution in [3.8, 4) is 0 Å². The standard InChI is InChI=1S/C39H25N3/c1-3-14-27(15-4-1)41(28-16-5-2-6-17-28)35-25-36-38(37-29-18-8-7-13-26(29)23-24-32(35)37)30-19-9-10-20-31(30)39-40-33-21-11-12-22-34(33)42(36)39/h1-25H. The van der Waals surface area contributed by atoms with Crippen molar-refractivity contribution in [2.24, 2.45) is 0 Å². The van der Waals surface area contributed by atoms with Gasteiger partial charge in [0.25, 0.3) is 0 Å². The number of pyridine rings is 1. The molecule has 0 N–H and O–H groups in total. The van der Waals surface area contributed by atoms with Crippen LogP contribution in [0, 0.1) is 0 Å². The van der Waals surface area contributed by atoms with Crippen LogP contribution >= 0.6 is 0 Å². The largest absolute Gasteiger partial charge is 0.310 e. The Balaban J connectivity index is 1.59. The van der Waals surface area contributed by atoms with Crippen LogP contribution in [0.4, 0.5) is 17.1 Å². The summed E-state index contributed by atoms with van der Waals surface area (Å²) in [6.07, 6.45) is 0. The van der Waals surface area contributed by atoms with Gasteiger partial charge in [-0.2, -0.15) is 0 Å². The molecule has 9 rings (SSSR count). The molecule has 0 radical (unpaired) electrons. The molecule has 0 fully saturated rings. The lowest BCUT2D eigenvalue weighted by molar-refractivity contribution is 1.28. The maximum atomic E-state index is 5.18. The number of nitrogens with zero attached hydrogens (tertiary/aromatic N) is 3. The fourth-order valence-electron chi connectivity index (χ4n) is 6.72. The SMILES string of the molecule is c1ccc(N(c2ccccc2)c2cc3c(c4ccccc4c4nc5ccccc5n34)c3c2ccc2ccccc23)cc1. The molecule has 0 saturated heterocycles. The Bertz CT molecular complexity index is 2420. The number of aromatic nitrogens is 2. The predicted octanol–water partition coefficient (Wildman–Crippen LogP) is 10.6. The van der Waals surface area contributed by atoms with Crippen molar-refractivity contribution < 1.29 is 0 Å². The van der Waals surface area contributed by atoms with Gasteiger partial charge < -0.3 is 4.90 Å². The number of fused-ring (bicyclic) bond motifs is 12. The molecule has 0 amide bonds. The normalized spacial score (nSPS) is 11.8. The van der Waals surface area contributed by atoms with Gasteiger partial charge in [0.1, 0.15) is 5.65 Å². The zero-order valence-corrected chi connectivity index (χ0v) is 22.8. The van der Waals surface area contributed by atoms with Crippen molar-refractivity contribution >= 4 is 77.0 Å². The van der Waals surface area contributed by atoms with Gasteiger partial charge in [-0.1, -0.05) is 109 Å². The number of hydrogen-bond donors (Lipinski definition) is 0. The summed E-state index contributed by atoms with van der Waals surface area (Å²) in [5, 5.41) is 8.57. The van der Waals surface area contributed by atoms with Crippen LogP contribution in [0.2, 0.25) is 0 Å². The monoisotopic (exact) mass is 535 g/mol. The summed E-state index contributed by atoms with van der Waals surface area (Å²) in [7, 11) is 0. The molecule has 2 heterocycles. The topological polar surface area (TPSA) is 20.5 Å². The molecule has 0 unspecified atom stereocenters. The Morgan fingerprint density at radius 3 is 1.83 bits per heavy atom. The third-order valence-electron chi connectivity index (χ3n) is 8.49. The summed E-state index contributed by atoms with van der Waals surface area (Å²) in [6, 6.07) is 54.2. The molecular weight excluding hydrogens is 510 g/mol. The molecule has 0 atom stereocenters. The first kappa shape index (κ1) is 23.1. The molecule has 0 aliphatic heterocycles. The van der Waals surface area contributed by atoms with Crippen LogP contribution in [0.15, 0.2) is 152 Å². The maximum Gasteiger partial charge on any atom is 0.146 e. The van der Waals surface area contributed by atoms with E-state index in [2.05, 4.69) is 161 Å². The number of para-hydroxylation sites is 4. The van der Waals surface area contributed by atoms with Crippen LogP contribution in [-0.2, 0) is 0 Å². The Labute approximate surface area is 242 Å². The van der Waals surface area contributed by atoms with Crippen molar-refractivity contribution in [1.82, 2.24) is 9.38 Å². The molecule has 7 aromatic carbocycles. The fraction of sp³-hybridized carbons (Fsp3) is 0. The number of anilines is 3. The van der Waals surface area contributed by atoms with Crippen LogP contribution in [-0.4, -0.2) is 9.38 Å². The van der Waals surface area contributed by atoms with Crippen LogP contribution in [0.5, 0.6) is 0 Å². The Morgan fingerprint density at radius 1 is 0.452 bits per heavy atom. The van der Waals surface area contributed by atoms with E-state index in [1.165, 1.54) is 32.3 Å². The van der Waals surface area contributed by atoms with Crippen LogP contribution < -0.4 is 4.90 Å². The van der Waals surface area contributed by atoms with Gasteiger partial charge in [0.05, 0.1) is 22.2 Å². The molecular formula is C39H25N3. The number of rotatable bonds is 3. The van der Waals surface area contributed by atoms with Crippen molar-refractivity contribution in [3.63, 3.8) is 0 Å². The van der Waals surface area contributed by atoms with E-state index in [0.717, 1.165) is 44.6 Å². The fourth-order valence-corrected chi connectivity index (χ4v) is 6.72. The third-order valence-corrected chi connectivity index (χ3v) is 8.49. The molecule has 0 spiro atoms. The van der Waals surface area contributed by atoms with E-state index < -0.39 is 0 Å². The van der Waals surface area contributed by atoms with Crippen LogP contribution in [0.25, 0.3) is 59.9 Å². The van der Waals surface area contributed by atoms with E-state index in [4.69, 9.17) is 4.98 Å². The summed E-state index contributed by atoms with van der Waals surface area (Å²) < 4.78 is 2.37. The van der Waals surface area contributed by atoms with E-state index in [1.54, 1.807) is 0 Å². The lowest BCUT2D eigenvalue weighted by atomic mass is 9.93. The third kappa shape index (κ3) is 3.25. The molecule has 42 heavy (non-hydrogen) atoms. The highest BCUT2D eigenvalue weighted by molar-refractivity contribution is 6.31. The van der Waals surface area contributed by atoms with E-state index in [-0.39, 0.29) is 0 Å². The minimum atomic E-state index is 0.982. The summed E-state index contributed by atoms with van der Waals surface area (Å²) >= 11 is 0. The van der Waals surface area contributed by atoms with Crippen molar-refractivity contribution in [3.05, 3.63) is 152 Å². The molecule has 3 heteroatoms. The highest BCUT2D eigenvalue weighted by Gasteiger charge is 2.22. The first-order valence-electron chi connectivity index (χ1n) is 14.3. The summed E-state index contributed by atoms with van der Waals surface area (Å²) in [5.74, 6) is 0. The van der Waals surface area contributed by atoms with Crippen LogP contribution in [0.1, 0.15) is 0 Å². The summed E-state index contributed by atoms with van der Waals surface area (Å²) in [6.45, 7) is 0. The first-order valence-corrected chi connectivity index (χ1v) is 14.3.